The Balaban J connectivity index is 1.34. The third-order valence-electron chi connectivity index (χ3n) is 5.71. The quantitative estimate of drug-likeness (QED) is 0.330. The summed E-state index contributed by atoms with van der Waals surface area (Å²) in [4.78, 5) is 21.8. The second kappa shape index (κ2) is 8.54. The second-order valence-corrected chi connectivity index (χ2v) is 8.57. The van der Waals surface area contributed by atoms with Gasteiger partial charge in [-0.15, -0.1) is 0 Å². The van der Waals surface area contributed by atoms with Crippen molar-refractivity contribution in [3.8, 4) is 22.5 Å². The van der Waals surface area contributed by atoms with Gasteiger partial charge in [0, 0.05) is 29.8 Å². The molecule has 0 unspecified atom stereocenters. The summed E-state index contributed by atoms with van der Waals surface area (Å²) in [7, 11) is 1.81. The van der Waals surface area contributed by atoms with E-state index in [9.17, 15) is 9.18 Å². The molecule has 1 N–H and O–H groups in total. The summed E-state index contributed by atoms with van der Waals surface area (Å²) in [5.74, 6) is -0.331. The minimum atomic E-state index is -0.356. The number of rotatable bonds is 4. The predicted octanol–water partition coefficient (Wildman–Crippen LogP) is 5.39. The van der Waals surface area contributed by atoms with Crippen molar-refractivity contribution < 1.29 is 9.18 Å². The van der Waals surface area contributed by atoms with E-state index in [2.05, 4.69) is 25.5 Å². The summed E-state index contributed by atoms with van der Waals surface area (Å²) in [6.45, 7) is 0. The summed E-state index contributed by atoms with van der Waals surface area (Å²) < 4.78 is 16.7. The van der Waals surface area contributed by atoms with Gasteiger partial charge in [0.25, 0.3) is 5.91 Å². The highest BCUT2D eigenvalue weighted by atomic mass is 35.5. The average Bonchev–Trinajstić information content (AvgIpc) is 3.46. The van der Waals surface area contributed by atoms with E-state index in [-0.39, 0.29) is 16.9 Å². The number of nitrogens with zero attached hydrogens (tertiary/aromatic N) is 6. The normalized spacial score (nSPS) is 11.3. The monoisotopic (exact) mass is 497 g/mol. The van der Waals surface area contributed by atoms with Crippen LogP contribution in [0.5, 0.6) is 0 Å². The van der Waals surface area contributed by atoms with Gasteiger partial charge in [-0.2, -0.15) is 10.2 Å². The minimum Gasteiger partial charge on any atom is -0.305 e. The van der Waals surface area contributed by atoms with Gasteiger partial charge in [-0.05, 0) is 48.5 Å². The van der Waals surface area contributed by atoms with Crippen molar-refractivity contribution in [3.63, 3.8) is 0 Å². The van der Waals surface area contributed by atoms with Gasteiger partial charge >= 0.3 is 0 Å². The van der Waals surface area contributed by atoms with Gasteiger partial charge in [0.2, 0.25) is 0 Å². The van der Waals surface area contributed by atoms with Gasteiger partial charge in [-0.25, -0.2) is 18.9 Å². The van der Waals surface area contributed by atoms with Gasteiger partial charge < -0.3 is 5.32 Å². The Labute approximate surface area is 209 Å². The molecule has 0 saturated heterocycles. The predicted molar refractivity (Wildman–Crippen MR) is 135 cm³/mol. The zero-order valence-corrected chi connectivity index (χ0v) is 19.6. The molecule has 4 heterocycles. The lowest BCUT2D eigenvalue weighted by atomic mass is 10.1. The van der Waals surface area contributed by atoms with E-state index in [0.29, 0.717) is 39.3 Å². The van der Waals surface area contributed by atoms with Crippen LogP contribution in [0.3, 0.4) is 0 Å². The molecule has 0 spiro atoms. The van der Waals surface area contributed by atoms with Gasteiger partial charge in [0.15, 0.2) is 11.5 Å². The third kappa shape index (κ3) is 3.95. The largest absolute Gasteiger partial charge is 0.305 e. The molecular formula is C26H17ClFN7O. The number of carbonyl (C=O) groups excluding carboxylic acids is 1. The zero-order chi connectivity index (χ0) is 24.8. The van der Waals surface area contributed by atoms with Crippen LogP contribution in [0, 0.1) is 5.82 Å². The molecule has 4 aromatic heterocycles. The van der Waals surface area contributed by atoms with Crippen molar-refractivity contribution >= 4 is 39.9 Å². The first kappa shape index (κ1) is 21.9. The number of aromatic nitrogens is 6. The standard InChI is InChI=1S/C26H17ClFN7O/c1-34-13-19(25(33-34)15-6-8-16(28)9-7-15)21-10-11-24-30-23(14-35(24)32-21)31-26(36)18-12-22(27)29-20-5-3-2-4-17(18)20/h2-14H,1H3,(H,31,36). The van der Waals surface area contributed by atoms with Crippen LogP contribution in [0.15, 0.2) is 79.1 Å². The fraction of sp³-hybridized carbons (Fsp3) is 0.0385. The summed E-state index contributed by atoms with van der Waals surface area (Å²) in [6, 6.07) is 18.6. The first-order chi connectivity index (χ1) is 17.4. The molecule has 8 nitrogen and oxygen atoms in total. The number of pyridine rings is 1. The molecule has 0 bridgehead atoms. The molecule has 0 saturated carbocycles. The minimum absolute atomic E-state index is 0.230. The number of amides is 1. The molecule has 0 atom stereocenters. The van der Waals surface area contributed by atoms with Crippen molar-refractivity contribution in [2.45, 2.75) is 0 Å². The van der Waals surface area contributed by atoms with Crippen molar-refractivity contribution in [1.29, 1.82) is 0 Å². The van der Waals surface area contributed by atoms with Crippen molar-refractivity contribution in [2.24, 2.45) is 7.05 Å². The summed E-state index contributed by atoms with van der Waals surface area (Å²) in [5, 5.41) is 12.9. The maximum Gasteiger partial charge on any atom is 0.257 e. The molecule has 0 aliphatic carbocycles. The van der Waals surface area contributed by atoms with Crippen molar-refractivity contribution in [1.82, 2.24) is 29.4 Å². The summed E-state index contributed by atoms with van der Waals surface area (Å²) in [6.07, 6.45) is 3.49. The fourth-order valence-corrected chi connectivity index (χ4v) is 4.30. The maximum absolute atomic E-state index is 13.4. The Kier molecular flexibility index (Phi) is 5.19. The van der Waals surface area contributed by atoms with Crippen molar-refractivity contribution in [2.75, 3.05) is 5.32 Å². The lowest BCUT2D eigenvalue weighted by Crippen LogP contribution is -2.13. The zero-order valence-electron chi connectivity index (χ0n) is 18.9. The number of hydrogen-bond donors (Lipinski definition) is 1. The Morgan fingerprint density at radius 1 is 0.972 bits per heavy atom. The van der Waals surface area contributed by atoms with Crippen LogP contribution in [0.25, 0.3) is 39.1 Å². The lowest BCUT2D eigenvalue weighted by molar-refractivity contribution is 0.102. The van der Waals surface area contributed by atoms with Crippen LogP contribution in [-0.4, -0.2) is 35.3 Å². The summed E-state index contributed by atoms with van der Waals surface area (Å²) >= 11 is 6.13. The van der Waals surface area contributed by atoms with Gasteiger partial charge in [0.05, 0.1) is 23.0 Å². The number of fused-ring (bicyclic) bond motifs is 2. The molecule has 2 aromatic carbocycles. The molecule has 36 heavy (non-hydrogen) atoms. The smallest absolute Gasteiger partial charge is 0.257 e. The van der Waals surface area contributed by atoms with E-state index in [1.807, 2.05) is 37.5 Å². The number of carbonyl (C=O) groups is 1. The van der Waals surface area contributed by atoms with E-state index in [1.54, 1.807) is 39.7 Å². The Morgan fingerprint density at radius 3 is 2.61 bits per heavy atom. The second-order valence-electron chi connectivity index (χ2n) is 8.18. The highest BCUT2D eigenvalue weighted by molar-refractivity contribution is 6.30. The number of nitrogens with one attached hydrogen (secondary N) is 1. The molecule has 6 rings (SSSR count). The third-order valence-corrected chi connectivity index (χ3v) is 5.91. The number of hydrogen-bond acceptors (Lipinski definition) is 5. The molecule has 0 fully saturated rings. The molecule has 0 aliphatic heterocycles. The van der Waals surface area contributed by atoms with E-state index in [1.165, 1.54) is 18.2 Å². The highest BCUT2D eigenvalue weighted by Crippen LogP contribution is 2.30. The van der Waals surface area contributed by atoms with E-state index in [0.717, 1.165) is 11.1 Å². The number of anilines is 1. The lowest BCUT2D eigenvalue weighted by Gasteiger charge is -2.06. The number of para-hydroxylation sites is 1. The summed E-state index contributed by atoms with van der Waals surface area (Å²) in [5.41, 5.74) is 4.47. The van der Waals surface area contributed by atoms with Crippen LogP contribution in [0.4, 0.5) is 10.2 Å². The average molecular weight is 498 g/mol. The molecular weight excluding hydrogens is 481 g/mol. The van der Waals surface area contributed by atoms with Crippen LogP contribution < -0.4 is 5.32 Å². The number of aryl methyl sites for hydroxylation is 1. The topological polar surface area (TPSA) is 90.0 Å². The van der Waals surface area contributed by atoms with Crippen LogP contribution in [0.1, 0.15) is 10.4 Å². The Bertz CT molecular complexity index is 1780. The molecule has 176 valence electrons. The number of imidazole rings is 1. The van der Waals surface area contributed by atoms with Crippen LogP contribution in [-0.2, 0) is 7.05 Å². The molecule has 10 heteroatoms. The molecule has 0 aliphatic rings. The SMILES string of the molecule is Cn1cc(-c2ccc3nc(NC(=O)c4cc(Cl)nc5ccccc45)cn3n2)c(-c2ccc(F)cc2)n1. The first-order valence-corrected chi connectivity index (χ1v) is 11.4. The van der Waals surface area contributed by atoms with E-state index in [4.69, 9.17) is 11.6 Å². The van der Waals surface area contributed by atoms with Crippen LogP contribution in [0.2, 0.25) is 5.15 Å². The van der Waals surface area contributed by atoms with Crippen molar-refractivity contribution in [3.05, 3.63) is 95.7 Å². The van der Waals surface area contributed by atoms with Crippen LogP contribution >= 0.6 is 11.6 Å². The van der Waals surface area contributed by atoms with E-state index >= 15 is 0 Å². The first-order valence-electron chi connectivity index (χ1n) is 11.0. The Morgan fingerprint density at radius 2 is 1.78 bits per heavy atom. The number of benzene rings is 2. The van der Waals surface area contributed by atoms with Gasteiger partial charge in [0.1, 0.15) is 16.7 Å². The number of halogens is 2. The van der Waals surface area contributed by atoms with E-state index < -0.39 is 0 Å². The Hall–Kier alpha value is -4.63. The fourth-order valence-electron chi connectivity index (χ4n) is 4.10. The molecule has 1 amide bonds. The molecule has 6 aromatic rings. The highest BCUT2D eigenvalue weighted by Gasteiger charge is 2.17. The van der Waals surface area contributed by atoms with Gasteiger partial charge in [-0.3, -0.25) is 9.48 Å². The maximum atomic E-state index is 13.4. The molecule has 0 radical (unpaired) electrons. The van der Waals surface area contributed by atoms with Gasteiger partial charge in [-0.1, -0.05) is 29.8 Å².